The molecular weight excluding hydrogens is 364 g/mol. The second-order valence-electron chi connectivity index (χ2n) is 7.97. The summed E-state index contributed by atoms with van der Waals surface area (Å²) in [5.41, 5.74) is 3.38. The summed E-state index contributed by atoms with van der Waals surface area (Å²) >= 11 is 0. The number of anilines is 2. The molecule has 0 amide bonds. The summed E-state index contributed by atoms with van der Waals surface area (Å²) in [6.07, 6.45) is 3.14. The van der Waals surface area contributed by atoms with Gasteiger partial charge in [-0.2, -0.15) is 0 Å². The number of ether oxygens (including phenoxy) is 1. The van der Waals surface area contributed by atoms with Gasteiger partial charge in [0, 0.05) is 68.8 Å². The fourth-order valence-electron chi connectivity index (χ4n) is 3.80. The van der Waals surface area contributed by atoms with E-state index in [4.69, 9.17) is 9.72 Å². The topological polar surface area (TPSA) is 65.6 Å². The first-order chi connectivity index (χ1) is 14.2. The molecule has 3 heterocycles. The van der Waals surface area contributed by atoms with Crippen LogP contribution in [0.2, 0.25) is 0 Å². The average molecular weight is 397 g/mol. The number of likely N-dealkylation sites (N-methyl/N-ethyl adjacent to an activating group) is 1. The molecule has 7 nitrogen and oxygen atoms in total. The Bertz CT molecular complexity index is 782. The Morgan fingerprint density at radius 1 is 1.17 bits per heavy atom. The van der Waals surface area contributed by atoms with Crippen LogP contribution >= 0.6 is 0 Å². The van der Waals surface area contributed by atoms with Crippen LogP contribution in [0.5, 0.6) is 0 Å². The maximum atomic E-state index is 5.76. The fraction of sp³-hybridized carbons (Fsp3) is 0.545. The summed E-state index contributed by atoms with van der Waals surface area (Å²) in [6.45, 7) is 9.93. The number of hydrogen-bond acceptors (Lipinski definition) is 7. The van der Waals surface area contributed by atoms with Gasteiger partial charge in [-0.3, -0.25) is 0 Å². The highest BCUT2D eigenvalue weighted by molar-refractivity contribution is 5.62. The number of piperazine rings is 1. The molecule has 7 heteroatoms. The molecule has 1 unspecified atom stereocenters. The van der Waals surface area contributed by atoms with E-state index in [-0.39, 0.29) is 6.10 Å². The van der Waals surface area contributed by atoms with Gasteiger partial charge in [0.25, 0.3) is 0 Å². The molecule has 1 aromatic carbocycles. The number of benzene rings is 1. The minimum absolute atomic E-state index is 0.278. The minimum Gasteiger partial charge on any atom is -0.376 e. The van der Waals surface area contributed by atoms with Crippen molar-refractivity contribution in [2.75, 3.05) is 69.7 Å². The molecular formula is C22H32N6O. The molecule has 2 N–H and O–H groups in total. The van der Waals surface area contributed by atoms with Gasteiger partial charge in [0.1, 0.15) is 5.82 Å². The molecule has 2 saturated heterocycles. The SMILES string of the molecule is Cc1cnc(-c2ccc(N3CCN(C)CC3)cc2)nc1NCCC1CNCCO1. The van der Waals surface area contributed by atoms with E-state index in [1.54, 1.807) is 0 Å². The van der Waals surface area contributed by atoms with Crippen molar-refractivity contribution in [3.8, 4) is 11.4 Å². The van der Waals surface area contributed by atoms with E-state index in [9.17, 15) is 0 Å². The zero-order valence-corrected chi connectivity index (χ0v) is 17.5. The second kappa shape index (κ2) is 9.52. The summed E-state index contributed by atoms with van der Waals surface area (Å²) in [5.74, 6) is 1.67. The number of hydrogen-bond donors (Lipinski definition) is 2. The van der Waals surface area contributed by atoms with Crippen molar-refractivity contribution in [2.45, 2.75) is 19.4 Å². The second-order valence-corrected chi connectivity index (χ2v) is 7.97. The molecule has 29 heavy (non-hydrogen) atoms. The average Bonchev–Trinajstić information content (AvgIpc) is 2.76. The minimum atomic E-state index is 0.278. The molecule has 2 aromatic rings. The predicted octanol–water partition coefficient (Wildman–Crippen LogP) is 1.99. The number of nitrogens with zero attached hydrogens (tertiary/aromatic N) is 4. The summed E-state index contributed by atoms with van der Waals surface area (Å²) < 4.78 is 5.76. The van der Waals surface area contributed by atoms with Gasteiger partial charge >= 0.3 is 0 Å². The highest BCUT2D eigenvalue weighted by Crippen LogP contribution is 2.23. The summed E-state index contributed by atoms with van der Waals surface area (Å²) in [6, 6.07) is 8.63. The Morgan fingerprint density at radius 3 is 2.69 bits per heavy atom. The molecule has 2 aliphatic heterocycles. The number of morpholine rings is 1. The molecule has 1 atom stereocenters. The van der Waals surface area contributed by atoms with Crippen molar-refractivity contribution in [1.82, 2.24) is 20.2 Å². The first kappa shape index (κ1) is 20.1. The zero-order chi connectivity index (χ0) is 20.1. The van der Waals surface area contributed by atoms with Crippen molar-refractivity contribution < 1.29 is 4.74 Å². The Balaban J connectivity index is 1.38. The van der Waals surface area contributed by atoms with Crippen LogP contribution in [0.4, 0.5) is 11.5 Å². The standard InChI is InChI=1S/C22H32N6O/c1-17-15-25-22(26-21(17)24-8-7-20-16-23-9-14-29-20)18-3-5-19(6-4-18)28-12-10-27(2)11-13-28/h3-6,15,20,23H,7-14,16H2,1-2H3,(H,24,25,26). The van der Waals surface area contributed by atoms with Gasteiger partial charge in [0.05, 0.1) is 12.7 Å². The monoisotopic (exact) mass is 396 g/mol. The molecule has 0 aliphatic carbocycles. The van der Waals surface area contributed by atoms with Gasteiger partial charge in [-0.1, -0.05) is 0 Å². The van der Waals surface area contributed by atoms with E-state index in [1.807, 2.05) is 13.1 Å². The van der Waals surface area contributed by atoms with Gasteiger partial charge in [-0.25, -0.2) is 9.97 Å². The molecule has 0 saturated carbocycles. The fourth-order valence-corrected chi connectivity index (χ4v) is 3.80. The number of nitrogens with one attached hydrogen (secondary N) is 2. The van der Waals surface area contributed by atoms with Gasteiger partial charge in [0.2, 0.25) is 0 Å². The number of aromatic nitrogens is 2. The zero-order valence-electron chi connectivity index (χ0n) is 17.5. The van der Waals surface area contributed by atoms with Crippen molar-refractivity contribution in [1.29, 1.82) is 0 Å². The van der Waals surface area contributed by atoms with Crippen LogP contribution in [0.15, 0.2) is 30.5 Å². The Hall–Kier alpha value is -2.22. The van der Waals surface area contributed by atoms with Crippen molar-refractivity contribution in [2.24, 2.45) is 0 Å². The van der Waals surface area contributed by atoms with Gasteiger partial charge in [-0.15, -0.1) is 0 Å². The molecule has 0 bridgehead atoms. The lowest BCUT2D eigenvalue weighted by atomic mass is 10.1. The van der Waals surface area contributed by atoms with Crippen molar-refractivity contribution in [3.05, 3.63) is 36.0 Å². The third-order valence-corrected chi connectivity index (χ3v) is 5.73. The molecule has 2 fully saturated rings. The molecule has 0 radical (unpaired) electrons. The summed E-state index contributed by atoms with van der Waals surface area (Å²) in [4.78, 5) is 14.1. The summed E-state index contributed by atoms with van der Waals surface area (Å²) in [5, 5.41) is 6.84. The number of rotatable bonds is 6. The van der Waals surface area contributed by atoms with Crippen LogP contribution in [0.25, 0.3) is 11.4 Å². The number of aryl methyl sites for hydroxylation is 1. The van der Waals surface area contributed by atoms with Crippen LogP contribution in [0.3, 0.4) is 0 Å². The van der Waals surface area contributed by atoms with Crippen LogP contribution in [-0.4, -0.2) is 80.4 Å². The third kappa shape index (κ3) is 5.23. The van der Waals surface area contributed by atoms with Gasteiger partial charge in [0.15, 0.2) is 5.82 Å². The van der Waals surface area contributed by atoms with E-state index in [0.29, 0.717) is 0 Å². The summed E-state index contributed by atoms with van der Waals surface area (Å²) in [7, 11) is 2.18. The normalized spacial score (nSPS) is 20.6. The Morgan fingerprint density at radius 2 is 1.97 bits per heavy atom. The van der Waals surface area contributed by atoms with E-state index in [1.165, 1.54) is 5.69 Å². The lowest BCUT2D eigenvalue weighted by Gasteiger charge is -2.34. The maximum Gasteiger partial charge on any atom is 0.161 e. The smallest absolute Gasteiger partial charge is 0.161 e. The van der Waals surface area contributed by atoms with E-state index < -0.39 is 0 Å². The lowest BCUT2D eigenvalue weighted by Crippen LogP contribution is -2.44. The van der Waals surface area contributed by atoms with E-state index in [2.05, 4.69) is 56.7 Å². The molecule has 156 valence electrons. The van der Waals surface area contributed by atoms with Crippen molar-refractivity contribution in [3.63, 3.8) is 0 Å². The third-order valence-electron chi connectivity index (χ3n) is 5.73. The maximum absolute atomic E-state index is 5.76. The largest absolute Gasteiger partial charge is 0.376 e. The van der Waals surface area contributed by atoms with Gasteiger partial charge < -0.3 is 25.2 Å². The predicted molar refractivity (Wildman–Crippen MR) is 118 cm³/mol. The highest BCUT2D eigenvalue weighted by Gasteiger charge is 2.15. The first-order valence-corrected chi connectivity index (χ1v) is 10.6. The molecule has 0 spiro atoms. The molecule has 1 aromatic heterocycles. The Kier molecular flexibility index (Phi) is 6.59. The van der Waals surface area contributed by atoms with E-state index >= 15 is 0 Å². The quantitative estimate of drug-likeness (QED) is 0.774. The van der Waals surface area contributed by atoms with Crippen LogP contribution in [-0.2, 0) is 4.74 Å². The lowest BCUT2D eigenvalue weighted by molar-refractivity contribution is 0.0258. The molecule has 4 rings (SSSR count). The van der Waals surface area contributed by atoms with Crippen molar-refractivity contribution >= 4 is 11.5 Å². The van der Waals surface area contributed by atoms with Crippen LogP contribution < -0.4 is 15.5 Å². The van der Waals surface area contributed by atoms with Gasteiger partial charge in [-0.05, 0) is 44.7 Å². The first-order valence-electron chi connectivity index (χ1n) is 10.6. The van der Waals surface area contributed by atoms with E-state index in [0.717, 1.165) is 81.6 Å². The van der Waals surface area contributed by atoms with Crippen LogP contribution in [0, 0.1) is 6.92 Å². The molecule has 2 aliphatic rings. The highest BCUT2D eigenvalue weighted by atomic mass is 16.5. The Labute approximate surface area is 173 Å². The van der Waals surface area contributed by atoms with Crippen LogP contribution in [0.1, 0.15) is 12.0 Å².